The van der Waals surface area contributed by atoms with Crippen molar-refractivity contribution in [3.63, 3.8) is 0 Å². The van der Waals surface area contributed by atoms with E-state index in [1.165, 1.54) is 6.92 Å². The third-order valence-corrected chi connectivity index (χ3v) is 3.61. The van der Waals surface area contributed by atoms with Crippen LogP contribution in [0.5, 0.6) is 0 Å². The maximum absolute atomic E-state index is 13.3. The molecule has 0 aliphatic carbocycles. The fourth-order valence-electron chi connectivity index (χ4n) is 2.70. The van der Waals surface area contributed by atoms with E-state index in [0.29, 0.717) is 11.1 Å². The quantitative estimate of drug-likeness (QED) is 0.908. The Labute approximate surface area is 143 Å². The number of benzene rings is 2. The van der Waals surface area contributed by atoms with Crippen LogP contribution in [-0.4, -0.2) is 17.4 Å². The van der Waals surface area contributed by atoms with Gasteiger partial charge in [0.25, 0.3) is 5.91 Å². The number of hydrogen-bond acceptors (Lipinski definition) is 2. The molecule has 0 spiro atoms. The minimum Gasteiger partial charge on any atom is -0.349 e. The smallest absolute Gasteiger partial charge is 0.255 e. The van der Waals surface area contributed by atoms with Crippen LogP contribution < -0.4 is 10.6 Å². The lowest BCUT2D eigenvalue weighted by molar-refractivity contribution is -0.132. The Morgan fingerprint density at radius 1 is 0.750 bits per heavy atom. The number of nitrogens with one attached hydrogen (secondary N) is 2. The molecule has 0 heterocycles. The molecule has 0 bridgehead atoms. The predicted octanol–water partition coefficient (Wildman–Crippen LogP) is 2.98. The van der Waals surface area contributed by atoms with Gasteiger partial charge in [0.2, 0.25) is 5.91 Å². The molecule has 0 aromatic heterocycles. The highest BCUT2D eigenvalue weighted by Gasteiger charge is 2.44. The molecule has 0 fully saturated rings. The Bertz CT molecular complexity index is 664. The highest BCUT2D eigenvalue weighted by molar-refractivity contribution is 5.95. The van der Waals surface area contributed by atoms with Crippen LogP contribution in [-0.2, 0) is 15.1 Å². The lowest BCUT2D eigenvalue weighted by Gasteiger charge is -2.36. The van der Waals surface area contributed by atoms with E-state index >= 15 is 0 Å². The van der Waals surface area contributed by atoms with Crippen molar-refractivity contribution < 1.29 is 9.59 Å². The summed E-state index contributed by atoms with van der Waals surface area (Å²) < 4.78 is 0. The monoisotopic (exact) mass is 324 g/mol. The van der Waals surface area contributed by atoms with Crippen molar-refractivity contribution in [3.05, 3.63) is 71.8 Å². The van der Waals surface area contributed by atoms with Crippen molar-refractivity contribution in [1.29, 1.82) is 0 Å². The maximum Gasteiger partial charge on any atom is 0.255 e. The average molecular weight is 324 g/mol. The summed E-state index contributed by atoms with van der Waals surface area (Å²) in [7, 11) is 0. The van der Waals surface area contributed by atoms with E-state index in [1.54, 1.807) is 0 Å². The molecule has 2 N–H and O–H groups in total. The third-order valence-electron chi connectivity index (χ3n) is 3.61. The molecule has 2 amide bonds. The van der Waals surface area contributed by atoms with Gasteiger partial charge in [0.15, 0.2) is 5.54 Å². The normalized spacial score (nSPS) is 11.7. The molecule has 0 aliphatic rings. The fraction of sp³-hybridized carbons (Fsp3) is 0.300. The van der Waals surface area contributed by atoms with Gasteiger partial charge in [-0.2, -0.15) is 0 Å². The Morgan fingerprint density at radius 3 is 1.50 bits per heavy atom. The van der Waals surface area contributed by atoms with Crippen LogP contribution in [0, 0.1) is 0 Å². The van der Waals surface area contributed by atoms with Gasteiger partial charge in [0.1, 0.15) is 0 Å². The molecule has 2 aromatic rings. The van der Waals surface area contributed by atoms with E-state index in [2.05, 4.69) is 10.6 Å². The van der Waals surface area contributed by atoms with Crippen molar-refractivity contribution in [2.75, 3.05) is 0 Å². The summed E-state index contributed by atoms with van der Waals surface area (Å²) >= 11 is 0. The Morgan fingerprint density at radius 2 is 1.17 bits per heavy atom. The summed E-state index contributed by atoms with van der Waals surface area (Å²) in [6, 6.07) is 18.6. The van der Waals surface area contributed by atoms with E-state index in [0.717, 1.165) is 0 Å². The molecule has 0 radical (unpaired) electrons. The van der Waals surface area contributed by atoms with E-state index in [4.69, 9.17) is 0 Å². The predicted molar refractivity (Wildman–Crippen MR) is 95.4 cm³/mol. The Kier molecular flexibility index (Phi) is 5.07. The van der Waals surface area contributed by atoms with Gasteiger partial charge in [-0.05, 0) is 31.9 Å². The van der Waals surface area contributed by atoms with Crippen LogP contribution >= 0.6 is 0 Å². The van der Waals surface area contributed by atoms with Gasteiger partial charge < -0.3 is 10.6 Å². The molecule has 2 aromatic carbocycles. The molecular weight excluding hydrogens is 300 g/mol. The molecule has 126 valence electrons. The van der Waals surface area contributed by atoms with Gasteiger partial charge in [0, 0.05) is 12.5 Å². The van der Waals surface area contributed by atoms with E-state index in [-0.39, 0.29) is 11.8 Å². The SMILES string of the molecule is CC(=O)NC(C(=O)NC(C)(C)C)(c1ccccc1)c1ccccc1. The van der Waals surface area contributed by atoms with Crippen LogP contribution in [0.2, 0.25) is 0 Å². The minimum absolute atomic E-state index is 0.261. The number of hydrogen-bond donors (Lipinski definition) is 2. The van der Waals surface area contributed by atoms with Crippen molar-refractivity contribution in [3.8, 4) is 0 Å². The van der Waals surface area contributed by atoms with Crippen LogP contribution in [0.25, 0.3) is 0 Å². The van der Waals surface area contributed by atoms with Crippen LogP contribution in [0.3, 0.4) is 0 Å². The molecule has 4 heteroatoms. The number of amides is 2. The molecular formula is C20H24N2O2. The first kappa shape index (κ1) is 17.7. The van der Waals surface area contributed by atoms with E-state index < -0.39 is 11.1 Å². The lowest BCUT2D eigenvalue weighted by Crippen LogP contribution is -2.59. The van der Waals surface area contributed by atoms with Gasteiger partial charge in [-0.3, -0.25) is 9.59 Å². The maximum atomic E-state index is 13.3. The minimum atomic E-state index is -1.28. The number of carbonyl (C=O) groups is 2. The highest BCUT2D eigenvalue weighted by atomic mass is 16.2. The second-order valence-corrected chi connectivity index (χ2v) is 6.87. The molecule has 24 heavy (non-hydrogen) atoms. The first-order chi connectivity index (χ1) is 11.3. The first-order valence-electron chi connectivity index (χ1n) is 7.98. The fourth-order valence-corrected chi connectivity index (χ4v) is 2.70. The van der Waals surface area contributed by atoms with Gasteiger partial charge in [-0.1, -0.05) is 60.7 Å². The van der Waals surface area contributed by atoms with Crippen LogP contribution in [0.4, 0.5) is 0 Å². The zero-order valence-electron chi connectivity index (χ0n) is 14.6. The summed E-state index contributed by atoms with van der Waals surface area (Å²) in [6.07, 6.45) is 0. The van der Waals surface area contributed by atoms with Gasteiger partial charge in [-0.15, -0.1) is 0 Å². The summed E-state index contributed by atoms with van der Waals surface area (Å²) in [5.74, 6) is -0.533. The second kappa shape index (κ2) is 6.87. The summed E-state index contributed by atoms with van der Waals surface area (Å²) in [6.45, 7) is 7.17. The molecule has 0 aliphatic heterocycles. The lowest BCUT2D eigenvalue weighted by atomic mass is 9.81. The Hall–Kier alpha value is -2.62. The molecule has 0 saturated heterocycles. The molecule has 4 nitrogen and oxygen atoms in total. The topological polar surface area (TPSA) is 58.2 Å². The van der Waals surface area contributed by atoms with Gasteiger partial charge >= 0.3 is 0 Å². The van der Waals surface area contributed by atoms with Gasteiger partial charge in [-0.25, -0.2) is 0 Å². The molecule has 0 saturated carbocycles. The van der Waals surface area contributed by atoms with Crippen molar-refractivity contribution in [2.45, 2.75) is 38.8 Å². The standard InChI is InChI=1S/C20H24N2O2/c1-15(23)21-20(16-11-7-5-8-12-16,17-13-9-6-10-14-17)18(24)22-19(2,3)4/h5-14H,1-4H3,(H,21,23)(H,22,24). The first-order valence-corrected chi connectivity index (χ1v) is 7.98. The highest BCUT2D eigenvalue weighted by Crippen LogP contribution is 2.31. The molecule has 0 atom stereocenters. The average Bonchev–Trinajstić information content (AvgIpc) is 2.52. The number of carbonyl (C=O) groups excluding carboxylic acids is 2. The van der Waals surface area contributed by atoms with Crippen LogP contribution in [0.1, 0.15) is 38.8 Å². The second-order valence-electron chi connectivity index (χ2n) is 6.87. The summed E-state index contributed by atoms with van der Waals surface area (Å²) in [5, 5.41) is 5.91. The molecule has 2 rings (SSSR count). The summed E-state index contributed by atoms with van der Waals surface area (Å²) in [5.41, 5.74) is -0.271. The zero-order chi connectivity index (χ0) is 17.8. The van der Waals surface area contributed by atoms with E-state index in [9.17, 15) is 9.59 Å². The van der Waals surface area contributed by atoms with Crippen molar-refractivity contribution in [2.24, 2.45) is 0 Å². The third kappa shape index (κ3) is 3.82. The molecule has 0 unspecified atom stereocenters. The summed E-state index contributed by atoms with van der Waals surface area (Å²) in [4.78, 5) is 25.3. The largest absolute Gasteiger partial charge is 0.349 e. The Balaban J connectivity index is 2.69. The van der Waals surface area contributed by atoms with Gasteiger partial charge in [0.05, 0.1) is 0 Å². The van der Waals surface area contributed by atoms with Crippen LogP contribution in [0.15, 0.2) is 60.7 Å². The van der Waals surface area contributed by atoms with Crippen molar-refractivity contribution >= 4 is 11.8 Å². The zero-order valence-corrected chi connectivity index (χ0v) is 14.6. The number of rotatable bonds is 4. The van der Waals surface area contributed by atoms with E-state index in [1.807, 2.05) is 81.4 Å². The van der Waals surface area contributed by atoms with Crippen molar-refractivity contribution in [1.82, 2.24) is 10.6 Å².